The number of ether oxygens (including phenoxy) is 4. The highest BCUT2D eigenvalue weighted by Gasteiger charge is 2.80. The maximum atomic E-state index is 15.6. The maximum absolute atomic E-state index is 15.6. The van der Waals surface area contributed by atoms with Gasteiger partial charge in [0.15, 0.2) is 6.10 Å². The lowest BCUT2D eigenvalue weighted by molar-refractivity contribution is -0.217. The van der Waals surface area contributed by atoms with Gasteiger partial charge in [-0.25, -0.2) is 14.4 Å². The molecule has 17 nitrogen and oxygen atoms in total. The van der Waals surface area contributed by atoms with Crippen LogP contribution in [0.15, 0.2) is 82.0 Å². The lowest BCUT2D eigenvalue weighted by Gasteiger charge is -2.63. The van der Waals surface area contributed by atoms with Crippen molar-refractivity contribution >= 4 is 57.0 Å². The average molecular weight is 1030 g/mol. The summed E-state index contributed by atoms with van der Waals surface area (Å²) in [5, 5.41) is 30.2. The van der Waals surface area contributed by atoms with Gasteiger partial charge in [0.1, 0.15) is 22.4 Å². The summed E-state index contributed by atoms with van der Waals surface area (Å²) in [4.78, 5) is 71.2. The van der Waals surface area contributed by atoms with Crippen molar-refractivity contribution in [3.63, 3.8) is 0 Å². The van der Waals surface area contributed by atoms with Gasteiger partial charge in [-0.15, -0.1) is 0 Å². The number of anilines is 3. The number of rotatable bonds is 11. The SMILES string of the molecule is CCN(CC)c1ccc2cc(NC(=O)O[C@@H]3[C@]4(CC)C=CCN5CC[C@@]6(c7cc([C@@]8(C(=O)OC)C[C@@H]9CN(CCc%10c8[nH]c8ccccc%108)C[C@](O)(CC)C9)c(OC)cc7N(C)[C@H]6[C@@]3(O)C(=O)OC)[C@@H]54)c(=O)oc2c1. The Hall–Kier alpha value is -6.40. The fourth-order valence-electron chi connectivity index (χ4n) is 15.6. The molecule has 5 aliphatic heterocycles. The van der Waals surface area contributed by atoms with Gasteiger partial charge in [0, 0.05) is 114 Å². The molecule has 6 aliphatic rings. The fourth-order valence-corrected chi connectivity index (χ4v) is 15.6. The van der Waals surface area contributed by atoms with E-state index >= 15 is 4.79 Å². The molecule has 11 rings (SSSR count). The summed E-state index contributed by atoms with van der Waals surface area (Å²) in [5.74, 6) is -1.23. The van der Waals surface area contributed by atoms with Crippen molar-refractivity contribution in [1.82, 2.24) is 14.8 Å². The molecule has 10 atom stereocenters. The number of amides is 1. The van der Waals surface area contributed by atoms with Crippen LogP contribution in [0, 0.1) is 11.3 Å². The van der Waals surface area contributed by atoms with E-state index < -0.39 is 69.3 Å². The molecule has 2 saturated heterocycles. The molecule has 2 bridgehead atoms. The zero-order chi connectivity index (χ0) is 53.0. The molecule has 7 heterocycles. The normalized spacial score (nSPS) is 31.5. The first-order chi connectivity index (χ1) is 36.0. The van der Waals surface area contributed by atoms with E-state index in [1.807, 2.05) is 88.2 Å². The molecule has 1 unspecified atom stereocenters. The smallest absolute Gasteiger partial charge is 0.412 e. The molecule has 17 heteroatoms. The molecular weight excluding hydrogens is 957 g/mol. The third kappa shape index (κ3) is 7.23. The largest absolute Gasteiger partial charge is 0.496 e. The van der Waals surface area contributed by atoms with Crippen LogP contribution in [-0.4, -0.2) is 147 Å². The van der Waals surface area contributed by atoms with E-state index in [-0.39, 0.29) is 18.0 Å². The Labute approximate surface area is 436 Å². The third-order valence-corrected chi connectivity index (χ3v) is 18.6. The number of likely N-dealkylation sites (N-methyl/N-ethyl adjacent to an activating group) is 1. The number of aromatic nitrogens is 1. The molecule has 1 saturated carbocycles. The van der Waals surface area contributed by atoms with Crippen molar-refractivity contribution in [1.29, 1.82) is 0 Å². The van der Waals surface area contributed by atoms with Gasteiger partial charge in [0.25, 0.3) is 0 Å². The third-order valence-electron chi connectivity index (χ3n) is 18.6. The molecule has 4 N–H and O–H groups in total. The minimum absolute atomic E-state index is 0.153. The number of aromatic amines is 1. The van der Waals surface area contributed by atoms with E-state index in [4.69, 9.17) is 23.4 Å². The zero-order valence-electron chi connectivity index (χ0n) is 44.3. The predicted octanol–water partition coefficient (Wildman–Crippen LogP) is 6.63. The average Bonchev–Trinajstić information content (AvgIpc) is 4.23. The maximum Gasteiger partial charge on any atom is 0.412 e. The molecule has 1 amide bonds. The van der Waals surface area contributed by atoms with E-state index in [0.717, 1.165) is 40.8 Å². The standard InChI is InChI=1S/C58H70N6O11/c1-9-54(69)30-34-31-57(51(66)72-7,46-38(20-24-62(32-34)33-54)37-16-13-14-17-41(37)59-46)40-28-39-43(29-45(40)71-6)61(5)49-56(39)22-25-64-23-15-21-55(10-2,48(56)64)50(58(49,70)52(67)73-8)75-53(68)60-42-26-35-18-19-36(63(11-3)12-4)27-44(35)74-47(42)65/h13-19,21,26-29,34,48-50,59,69-70H,9-12,20,22-25,30-33H2,1-8H3,(H,60,68)/t34-,48+,49-,50-,54+,55-,56-,57+,58+/m1/s1. The van der Waals surface area contributed by atoms with Gasteiger partial charge in [0.2, 0.25) is 5.60 Å². The number of nitrogens with one attached hydrogen (secondary N) is 2. The minimum Gasteiger partial charge on any atom is -0.496 e. The molecule has 3 aromatic carbocycles. The van der Waals surface area contributed by atoms with E-state index in [1.54, 1.807) is 13.2 Å². The van der Waals surface area contributed by atoms with Crippen LogP contribution in [0.25, 0.3) is 21.9 Å². The first-order valence-electron chi connectivity index (χ1n) is 26.7. The summed E-state index contributed by atoms with van der Waals surface area (Å²) in [7, 11) is 6.03. The number of carbonyl (C=O) groups is 3. The topological polar surface area (TPSA) is 200 Å². The second kappa shape index (κ2) is 18.4. The van der Waals surface area contributed by atoms with E-state index in [0.29, 0.717) is 98.5 Å². The number of fused-ring (bicyclic) bond motifs is 7. The number of carbonyl (C=O) groups excluding carboxylic acids is 3. The van der Waals surface area contributed by atoms with E-state index in [9.17, 15) is 24.6 Å². The van der Waals surface area contributed by atoms with Crippen molar-refractivity contribution in [2.24, 2.45) is 11.3 Å². The molecule has 1 aliphatic carbocycles. The molecule has 5 aromatic rings. The number of para-hydroxylation sites is 1. The fraction of sp³-hybridized carbons (Fsp3) is 0.517. The minimum atomic E-state index is -2.54. The quantitative estimate of drug-likeness (QED) is 0.0476. The van der Waals surface area contributed by atoms with E-state index in [2.05, 4.69) is 37.1 Å². The molecule has 3 fully saturated rings. The van der Waals surface area contributed by atoms with E-state index in [1.165, 1.54) is 20.3 Å². The molecule has 398 valence electrons. The van der Waals surface area contributed by atoms with Crippen molar-refractivity contribution in [2.75, 3.05) is 89.3 Å². The summed E-state index contributed by atoms with van der Waals surface area (Å²) in [6, 6.07) is 17.5. The van der Waals surface area contributed by atoms with Crippen molar-refractivity contribution in [3.8, 4) is 5.75 Å². The zero-order valence-corrected chi connectivity index (χ0v) is 44.3. The van der Waals surface area contributed by atoms with Crippen LogP contribution in [0.5, 0.6) is 5.75 Å². The summed E-state index contributed by atoms with van der Waals surface area (Å²) in [5.41, 5.74) is -2.43. The molecule has 1 spiro atoms. The highest BCUT2D eigenvalue weighted by Crippen LogP contribution is 2.68. The van der Waals surface area contributed by atoms with Crippen molar-refractivity contribution in [2.45, 2.75) is 106 Å². The Morgan fingerprint density at radius 3 is 2.40 bits per heavy atom. The summed E-state index contributed by atoms with van der Waals surface area (Å²) >= 11 is 0. The Balaban J connectivity index is 1.08. The predicted molar refractivity (Wildman–Crippen MR) is 285 cm³/mol. The molecule has 0 radical (unpaired) electrons. The number of esters is 2. The Morgan fingerprint density at radius 2 is 1.68 bits per heavy atom. The number of H-pyrrole nitrogens is 1. The lowest BCUT2D eigenvalue weighted by Crippen LogP contribution is -2.81. The summed E-state index contributed by atoms with van der Waals surface area (Å²) < 4.78 is 30.3. The van der Waals surface area contributed by atoms with Crippen LogP contribution in [0.1, 0.15) is 82.2 Å². The summed E-state index contributed by atoms with van der Waals surface area (Å²) in [6.07, 6.45) is 4.06. The van der Waals surface area contributed by atoms with Crippen LogP contribution in [0.3, 0.4) is 0 Å². The number of hydrogen-bond donors (Lipinski definition) is 4. The first kappa shape index (κ1) is 50.7. The van der Waals surface area contributed by atoms with Crippen LogP contribution in [0.4, 0.5) is 21.9 Å². The second-order valence-corrected chi connectivity index (χ2v) is 22.0. The van der Waals surface area contributed by atoms with Crippen molar-refractivity contribution in [3.05, 3.63) is 106 Å². The number of aliphatic hydroxyl groups is 2. The van der Waals surface area contributed by atoms with Gasteiger partial charge in [0.05, 0.1) is 33.0 Å². The van der Waals surface area contributed by atoms with Gasteiger partial charge in [-0.05, 0) is 106 Å². The molecular formula is C58H70N6O11. The van der Waals surface area contributed by atoms with Gasteiger partial charge in [-0.2, -0.15) is 0 Å². The number of nitrogens with zero attached hydrogens (tertiary/aromatic N) is 4. The Bertz CT molecular complexity index is 3200. The monoisotopic (exact) mass is 1030 g/mol. The Kier molecular flexibility index (Phi) is 12.5. The lowest BCUT2D eigenvalue weighted by atomic mass is 9.47. The summed E-state index contributed by atoms with van der Waals surface area (Å²) in [6.45, 7) is 12.6. The highest BCUT2D eigenvalue weighted by atomic mass is 16.6. The van der Waals surface area contributed by atoms with Crippen LogP contribution >= 0.6 is 0 Å². The number of benzene rings is 3. The van der Waals surface area contributed by atoms with Crippen LogP contribution in [-0.2, 0) is 41.1 Å². The van der Waals surface area contributed by atoms with Gasteiger partial charge in [-0.3, -0.25) is 19.9 Å². The van der Waals surface area contributed by atoms with Gasteiger partial charge >= 0.3 is 23.7 Å². The van der Waals surface area contributed by atoms with Gasteiger partial charge in [-0.1, -0.05) is 44.2 Å². The number of methoxy groups -OCH3 is 3. The van der Waals surface area contributed by atoms with Crippen LogP contribution in [0.2, 0.25) is 0 Å². The van der Waals surface area contributed by atoms with Gasteiger partial charge < -0.3 is 48.4 Å². The molecule has 75 heavy (non-hydrogen) atoms. The molecule has 2 aromatic heterocycles. The van der Waals surface area contributed by atoms with Crippen LogP contribution < -0.4 is 25.5 Å². The second-order valence-electron chi connectivity index (χ2n) is 22.0. The first-order valence-corrected chi connectivity index (χ1v) is 26.7. The highest BCUT2D eigenvalue weighted by molar-refractivity contribution is 5.95. The Morgan fingerprint density at radius 1 is 0.907 bits per heavy atom. The van der Waals surface area contributed by atoms with Crippen molar-refractivity contribution < 1.29 is 48.0 Å². The number of piperidine rings is 1. The number of hydrogen-bond acceptors (Lipinski definition) is 15.